The van der Waals surface area contributed by atoms with Gasteiger partial charge in [0.25, 0.3) is 20.2 Å². The molecule has 0 saturated heterocycles. The fourth-order valence-corrected chi connectivity index (χ4v) is 3.85. The summed E-state index contributed by atoms with van der Waals surface area (Å²) in [5.41, 5.74) is -1.58. The molecular formula is C16H12O10S2. The highest BCUT2D eigenvalue weighted by molar-refractivity contribution is 7.86. The van der Waals surface area contributed by atoms with E-state index >= 15 is 0 Å². The van der Waals surface area contributed by atoms with Crippen LogP contribution in [0.25, 0.3) is 21.9 Å². The van der Waals surface area contributed by atoms with Crippen molar-refractivity contribution in [1.82, 2.24) is 0 Å². The Morgan fingerprint density at radius 1 is 1.04 bits per heavy atom. The van der Waals surface area contributed by atoms with Gasteiger partial charge < -0.3 is 9.15 Å². The van der Waals surface area contributed by atoms with Crippen LogP contribution < -0.4 is 5.43 Å². The van der Waals surface area contributed by atoms with E-state index in [1.165, 1.54) is 12.1 Å². The van der Waals surface area contributed by atoms with Crippen molar-refractivity contribution >= 4 is 48.1 Å². The topological polar surface area (TPSA) is 165 Å². The number of esters is 1. The zero-order valence-corrected chi connectivity index (χ0v) is 15.7. The Labute approximate surface area is 157 Å². The highest BCUT2D eigenvalue weighted by atomic mass is 32.2. The Morgan fingerprint density at radius 3 is 2.29 bits per heavy atom. The molecule has 12 heteroatoms. The average Bonchev–Trinajstić information content (AvgIpc) is 2.59. The van der Waals surface area contributed by atoms with Gasteiger partial charge in [-0.1, -0.05) is 0 Å². The lowest BCUT2D eigenvalue weighted by Crippen LogP contribution is -2.10. The van der Waals surface area contributed by atoms with Crippen molar-refractivity contribution in [2.45, 2.75) is 16.7 Å². The summed E-state index contributed by atoms with van der Waals surface area (Å²) in [6, 6.07) is 4.84. The van der Waals surface area contributed by atoms with Crippen molar-refractivity contribution in [3.05, 3.63) is 46.1 Å². The molecular weight excluding hydrogens is 416 g/mol. The van der Waals surface area contributed by atoms with Crippen molar-refractivity contribution in [3.8, 4) is 0 Å². The fraction of sp³-hybridized carbons (Fsp3) is 0.125. The molecule has 0 fully saturated rings. The SMILES string of the molecule is CCOC(=O)c1ccc2oc3c(S(=O)(=O)O)cc(S(=O)(=O)O)cc3c(=O)c2c1. The minimum Gasteiger partial charge on any atom is -0.462 e. The zero-order chi connectivity index (χ0) is 20.9. The minimum atomic E-state index is -5.01. The van der Waals surface area contributed by atoms with Gasteiger partial charge in [0.15, 0.2) is 5.58 Å². The maximum Gasteiger partial charge on any atom is 0.338 e. The number of benzene rings is 2. The molecule has 0 spiro atoms. The van der Waals surface area contributed by atoms with E-state index < -0.39 is 52.4 Å². The number of carbonyl (C=O) groups is 1. The molecule has 0 atom stereocenters. The second kappa shape index (κ2) is 6.67. The summed E-state index contributed by atoms with van der Waals surface area (Å²) in [6.07, 6.45) is 0. The molecule has 0 aliphatic carbocycles. The number of ether oxygens (including phenoxy) is 1. The lowest BCUT2D eigenvalue weighted by molar-refractivity contribution is 0.0526. The lowest BCUT2D eigenvalue weighted by Gasteiger charge is -2.08. The Balaban J connectivity index is 2.48. The number of hydrogen-bond donors (Lipinski definition) is 2. The molecule has 3 rings (SSSR count). The maximum absolute atomic E-state index is 12.8. The maximum atomic E-state index is 12.8. The van der Waals surface area contributed by atoms with Crippen LogP contribution in [0.5, 0.6) is 0 Å². The Hall–Kier alpha value is -2.80. The van der Waals surface area contributed by atoms with Crippen LogP contribution in [0.4, 0.5) is 0 Å². The van der Waals surface area contributed by atoms with Crippen LogP contribution >= 0.6 is 0 Å². The van der Waals surface area contributed by atoms with Gasteiger partial charge in [-0.15, -0.1) is 0 Å². The second-order valence-corrected chi connectivity index (χ2v) is 8.42. The summed E-state index contributed by atoms with van der Waals surface area (Å²) in [6.45, 7) is 1.69. The molecule has 28 heavy (non-hydrogen) atoms. The van der Waals surface area contributed by atoms with E-state index in [9.17, 15) is 35.5 Å². The predicted octanol–water partition coefficient (Wildman–Crippen LogP) is 1.62. The normalized spacial score (nSPS) is 12.4. The molecule has 0 saturated carbocycles. The molecule has 148 valence electrons. The van der Waals surface area contributed by atoms with Gasteiger partial charge in [-0.3, -0.25) is 13.9 Å². The Kier molecular flexibility index (Phi) is 4.75. The quantitative estimate of drug-likeness (QED) is 0.354. The summed E-state index contributed by atoms with van der Waals surface area (Å²) in [5, 5.41) is -0.692. The van der Waals surface area contributed by atoms with Crippen molar-refractivity contribution in [2.24, 2.45) is 0 Å². The van der Waals surface area contributed by atoms with Crippen LogP contribution in [0.3, 0.4) is 0 Å². The van der Waals surface area contributed by atoms with Gasteiger partial charge >= 0.3 is 5.97 Å². The van der Waals surface area contributed by atoms with Crippen LogP contribution in [-0.2, 0) is 25.0 Å². The monoisotopic (exact) mass is 428 g/mol. The fourth-order valence-electron chi connectivity index (χ4n) is 2.58. The summed E-state index contributed by atoms with van der Waals surface area (Å²) >= 11 is 0. The largest absolute Gasteiger partial charge is 0.462 e. The van der Waals surface area contributed by atoms with Crippen LogP contribution in [0.15, 0.2) is 49.3 Å². The molecule has 3 aromatic rings. The van der Waals surface area contributed by atoms with E-state index in [4.69, 9.17) is 9.15 Å². The third kappa shape index (κ3) is 3.49. The Bertz CT molecular complexity index is 1400. The van der Waals surface area contributed by atoms with Crippen molar-refractivity contribution < 1.29 is 39.9 Å². The molecule has 2 N–H and O–H groups in total. The van der Waals surface area contributed by atoms with Gasteiger partial charge in [-0.25, -0.2) is 4.79 Å². The summed E-state index contributed by atoms with van der Waals surface area (Å²) in [7, 11) is -9.92. The van der Waals surface area contributed by atoms with Crippen molar-refractivity contribution in [1.29, 1.82) is 0 Å². The van der Waals surface area contributed by atoms with E-state index in [1.807, 2.05) is 0 Å². The molecule has 1 heterocycles. The number of fused-ring (bicyclic) bond motifs is 2. The number of hydrogen-bond acceptors (Lipinski definition) is 8. The molecule has 0 bridgehead atoms. The van der Waals surface area contributed by atoms with Gasteiger partial charge in [0.1, 0.15) is 10.5 Å². The van der Waals surface area contributed by atoms with Gasteiger partial charge in [0.05, 0.1) is 27.8 Å². The molecule has 0 amide bonds. The van der Waals surface area contributed by atoms with Crippen LogP contribution in [-0.4, -0.2) is 38.5 Å². The first-order valence-corrected chi connectivity index (χ1v) is 10.5. The third-order valence-electron chi connectivity index (χ3n) is 3.80. The van der Waals surface area contributed by atoms with E-state index in [1.54, 1.807) is 6.92 Å². The van der Waals surface area contributed by atoms with E-state index in [0.29, 0.717) is 12.1 Å². The summed E-state index contributed by atoms with van der Waals surface area (Å²) in [4.78, 5) is 22.7. The molecule has 0 aliphatic heterocycles. The first kappa shape index (κ1) is 19.9. The van der Waals surface area contributed by atoms with Gasteiger partial charge in [-0.05, 0) is 37.3 Å². The van der Waals surface area contributed by atoms with Crippen LogP contribution in [0, 0.1) is 0 Å². The first-order valence-electron chi connectivity index (χ1n) is 7.60. The summed E-state index contributed by atoms with van der Waals surface area (Å²) in [5.74, 6) is -0.714. The lowest BCUT2D eigenvalue weighted by atomic mass is 10.1. The van der Waals surface area contributed by atoms with Crippen LogP contribution in [0.2, 0.25) is 0 Å². The predicted molar refractivity (Wildman–Crippen MR) is 95.6 cm³/mol. The van der Waals surface area contributed by atoms with E-state index in [2.05, 4.69) is 0 Å². The molecule has 1 aromatic heterocycles. The molecule has 0 radical (unpaired) electrons. The molecule has 0 aliphatic rings. The minimum absolute atomic E-state index is 0.0157. The van der Waals surface area contributed by atoms with E-state index in [0.717, 1.165) is 6.07 Å². The molecule has 2 aromatic carbocycles. The number of carbonyl (C=O) groups excluding carboxylic acids is 1. The highest BCUT2D eigenvalue weighted by Crippen LogP contribution is 2.28. The first-order chi connectivity index (χ1) is 12.9. The summed E-state index contributed by atoms with van der Waals surface area (Å²) < 4.78 is 75.0. The second-order valence-electron chi connectivity index (χ2n) is 5.61. The Morgan fingerprint density at radius 2 is 1.71 bits per heavy atom. The van der Waals surface area contributed by atoms with Gasteiger partial charge in [-0.2, -0.15) is 16.8 Å². The average molecular weight is 428 g/mol. The molecule has 0 unspecified atom stereocenters. The highest BCUT2D eigenvalue weighted by Gasteiger charge is 2.24. The third-order valence-corrected chi connectivity index (χ3v) is 5.49. The van der Waals surface area contributed by atoms with Crippen LogP contribution in [0.1, 0.15) is 17.3 Å². The standard InChI is InChI=1S/C16H12O10S2/c1-2-25-16(18)8-3-4-12-10(5-8)14(17)11-6-9(27(19,20)21)7-13(15(11)26-12)28(22,23)24/h3-7H,2H2,1H3,(H,19,20,21)(H,22,23,24). The van der Waals surface area contributed by atoms with Crippen molar-refractivity contribution in [3.63, 3.8) is 0 Å². The van der Waals surface area contributed by atoms with Gasteiger partial charge in [0, 0.05) is 0 Å². The van der Waals surface area contributed by atoms with Gasteiger partial charge in [0.2, 0.25) is 5.43 Å². The number of rotatable bonds is 4. The van der Waals surface area contributed by atoms with Crippen molar-refractivity contribution in [2.75, 3.05) is 6.61 Å². The van der Waals surface area contributed by atoms with E-state index in [-0.39, 0.29) is 23.1 Å². The zero-order valence-electron chi connectivity index (χ0n) is 14.1. The molecule has 10 nitrogen and oxygen atoms in total. The smallest absolute Gasteiger partial charge is 0.338 e.